The third-order valence-corrected chi connectivity index (χ3v) is 12.9. The number of methoxy groups -OCH3 is 1. The van der Waals surface area contributed by atoms with Gasteiger partial charge >= 0.3 is 6.18 Å². The first-order chi connectivity index (χ1) is 30.0. The normalized spacial score (nSPS) is 19.7. The number of ether oxygens (including phenoxy) is 2. The molecule has 4 heterocycles. The van der Waals surface area contributed by atoms with Gasteiger partial charge in [0.05, 0.1) is 47.7 Å². The second kappa shape index (κ2) is 16.7. The van der Waals surface area contributed by atoms with Crippen LogP contribution >= 0.6 is 0 Å². The van der Waals surface area contributed by atoms with Crippen molar-refractivity contribution in [1.82, 2.24) is 25.5 Å². The molecule has 3 aliphatic heterocycles. The first-order valence-electron chi connectivity index (χ1n) is 21.0. The highest BCUT2D eigenvalue weighted by Gasteiger charge is 2.49. The summed E-state index contributed by atoms with van der Waals surface area (Å²) in [4.78, 5) is 77.5. The molecule has 63 heavy (non-hydrogen) atoms. The number of fused-ring (bicyclic) bond motifs is 2. The molecule has 332 valence electrons. The molecule has 5 N–H and O–H groups in total. The van der Waals surface area contributed by atoms with Gasteiger partial charge in [0.2, 0.25) is 17.7 Å². The van der Waals surface area contributed by atoms with Crippen LogP contribution < -0.4 is 36.1 Å². The molecule has 15 nitrogen and oxygen atoms in total. The number of nitrogen functional groups attached to an aromatic ring is 1. The molecule has 1 saturated carbocycles. The van der Waals surface area contributed by atoms with Crippen molar-refractivity contribution < 1.29 is 46.6 Å². The van der Waals surface area contributed by atoms with Crippen LogP contribution in [0, 0.1) is 24.2 Å². The number of nitrogens with zero attached hydrogens (tertiary/aromatic N) is 4. The number of benzene rings is 3. The zero-order valence-electron chi connectivity index (χ0n) is 35.4. The van der Waals surface area contributed by atoms with Gasteiger partial charge in [0.1, 0.15) is 17.7 Å². The maximum absolute atomic E-state index is 13.8. The first-order valence-corrected chi connectivity index (χ1v) is 21.0. The van der Waals surface area contributed by atoms with E-state index in [9.17, 15) is 37.1 Å². The summed E-state index contributed by atoms with van der Waals surface area (Å²) < 4.78 is 53.1. The summed E-state index contributed by atoms with van der Waals surface area (Å²) in [6, 6.07) is 10.4. The van der Waals surface area contributed by atoms with Gasteiger partial charge in [0, 0.05) is 55.0 Å². The first kappa shape index (κ1) is 43.2. The van der Waals surface area contributed by atoms with E-state index in [0.717, 1.165) is 29.9 Å². The van der Waals surface area contributed by atoms with Crippen LogP contribution in [0.15, 0.2) is 48.5 Å². The van der Waals surface area contributed by atoms with Gasteiger partial charge in [-0.1, -0.05) is 6.07 Å². The number of carbonyl (C=O) groups is 5. The maximum atomic E-state index is 13.8. The van der Waals surface area contributed by atoms with Crippen molar-refractivity contribution in [2.24, 2.45) is 17.3 Å². The van der Waals surface area contributed by atoms with Crippen LogP contribution in [0.25, 0.3) is 10.9 Å². The summed E-state index contributed by atoms with van der Waals surface area (Å²) in [5, 5.41) is 8.92. The Morgan fingerprint density at radius 2 is 1.76 bits per heavy atom. The number of rotatable bonds is 13. The van der Waals surface area contributed by atoms with Gasteiger partial charge in [0.25, 0.3) is 11.8 Å². The van der Waals surface area contributed by atoms with E-state index in [2.05, 4.69) is 30.8 Å². The monoisotopic (exact) mass is 870 g/mol. The lowest BCUT2D eigenvalue weighted by atomic mass is 9.77. The second-order valence-electron chi connectivity index (χ2n) is 17.1. The van der Waals surface area contributed by atoms with Crippen LogP contribution in [0.3, 0.4) is 0 Å². The predicted molar refractivity (Wildman–Crippen MR) is 226 cm³/mol. The van der Waals surface area contributed by atoms with E-state index in [1.54, 1.807) is 51.2 Å². The lowest BCUT2D eigenvalue weighted by Gasteiger charge is -2.38. The number of piperidine rings is 2. The number of anilines is 3. The van der Waals surface area contributed by atoms with Crippen LogP contribution in [0.2, 0.25) is 0 Å². The molecule has 0 spiro atoms. The van der Waals surface area contributed by atoms with Crippen molar-refractivity contribution >= 4 is 57.6 Å². The lowest BCUT2D eigenvalue weighted by Crippen LogP contribution is -2.54. The van der Waals surface area contributed by atoms with E-state index in [-0.39, 0.29) is 52.8 Å². The Morgan fingerprint density at radius 1 is 1.02 bits per heavy atom. The quantitative estimate of drug-likeness (QED) is 0.0912. The van der Waals surface area contributed by atoms with E-state index in [4.69, 9.17) is 15.2 Å². The Labute approximate surface area is 361 Å². The zero-order chi connectivity index (χ0) is 45.0. The third kappa shape index (κ3) is 8.54. The Hall–Kier alpha value is -6.46. The standard InChI is InChI=1S/C45H49F3N8O7/c1-23(26-16-27(45(46,47)48)18-28(49)17-26)51-39-30-19-36(35(62-4)20-32(30)52-24(2)53-39)63-22-44(12-13-44)21-31(40(58)50-3)25-10-14-55(15-11-25)33-7-5-6-29-38(33)43(61)56(42(29)60)34-8-9-37(57)54-41(34)59/h5-7,16-20,23,25,31,34H,8-15,21-22,49H2,1-4H3,(H,50,58)(H,51,52,53)(H,54,57,59)/t23-,31?,34?/m1/s1. The maximum Gasteiger partial charge on any atom is 0.416 e. The van der Waals surface area contributed by atoms with Crippen LogP contribution in [-0.2, 0) is 20.6 Å². The highest BCUT2D eigenvalue weighted by molar-refractivity contribution is 6.25. The van der Waals surface area contributed by atoms with Crippen LogP contribution in [0.4, 0.5) is 30.4 Å². The number of alkyl halides is 3. The SMILES string of the molecule is CNC(=O)C(CC1(COc2cc3c(N[C@H](C)c4cc(N)cc(C(F)(F)F)c4)nc(C)nc3cc2OC)CC1)C1CCN(c2cccc3c2C(=O)N(C2CCC(=O)NC2=O)C3=O)CC1. The fraction of sp³-hybridized carbons (Fsp3) is 0.444. The smallest absolute Gasteiger partial charge is 0.416 e. The Bertz CT molecular complexity index is 2520. The highest BCUT2D eigenvalue weighted by atomic mass is 19.4. The van der Waals surface area contributed by atoms with Crippen molar-refractivity contribution in [3.63, 3.8) is 0 Å². The summed E-state index contributed by atoms with van der Waals surface area (Å²) in [6.45, 7) is 4.80. The predicted octanol–water partition coefficient (Wildman–Crippen LogP) is 5.95. The molecule has 8 rings (SSSR count). The average Bonchev–Trinajstić information content (AvgIpc) is 3.98. The molecule has 4 aliphatic rings. The van der Waals surface area contributed by atoms with Gasteiger partial charge in [-0.15, -0.1) is 0 Å². The van der Waals surface area contributed by atoms with Crippen molar-refractivity contribution in [3.8, 4) is 11.5 Å². The number of hydrogen-bond donors (Lipinski definition) is 4. The van der Waals surface area contributed by atoms with Crippen molar-refractivity contribution in [2.75, 3.05) is 49.8 Å². The number of aryl methyl sites for hydroxylation is 1. The summed E-state index contributed by atoms with van der Waals surface area (Å²) in [5.41, 5.74) is 6.65. The van der Waals surface area contributed by atoms with Gasteiger partial charge in [-0.25, -0.2) is 9.97 Å². The highest BCUT2D eigenvalue weighted by Crippen LogP contribution is 2.53. The molecule has 2 saturated heterocycles. The van der Waals surface area contributed by atoms with Crippen molar-refractivity contribution in [1.29, 1.82) is 0 Å². The lowest BCUT2D eigenvalue weighted by molar-refractivity contribution is -0.138. The van der Waals surface area contributed by atoms with E-state index in [1.165, 1.54) is 13.2 Å². The third-order valence-electron chi connectivity index (χ3n) is 12.9. The van der Waals surface area contributed by atoms with Gasteiger partial charge in [0.15, 0.2) is 11.5 Å². The van der Waals surface area contributed by atoms with E-state index < -0.39 is 47.5 Å². The Morgan fingerprint density at radius 3 is 2.43 bits per heavy atom. The Kier molecular flexibility index (Phi) is 11.4. The van der Waals surface area contributed by atoms with Gasteiger partial charge < -0.3 is 30.7 Å². The largest absolute Gasteiger partial charge is 0.493 e. The summed E-state index contributed by atoms with van der Waals surface area (Å²) in [7, 11) is 3.15. The average molecular weight is 871 g/mol. The number of halogens is 3. The molecule has 18 heteroatoms. The fourth-order valence-electron chi connectivity index (χ4n) is 9.26. The topological polar surface area (TPSA) is 198 Å². The molecule has 0 radical (unpaired) electrons. The number of amides is 5. The molecule has 5 amide bonds. The number of nitrogens with one attached hydrogen (secondary N) is 3. The van der Waals surface area contributed by atoms with E-state index >= 15 is 0 Å². The molecule has 1 aliphatic carbocycles. The van der Waals surface area contributed by atoms with Crippen LogP contribution in [-0.4, -0.2) is 84.3 Å². The number of nitrogens with two attached hydrogens (primary N) is 1. The number of carbonyl (C=O) groups excluding carboxylic acids is 5. The number of imide groups is 2. The molecule has 3 fully saturated rings. The van der Waals surface area contributed by atoms with E-state index in [1.807, 2.05) is 0 Å². The molecule has 1 aromatic heterocycles. The zero-order valence-corrected chi connectivity index (χ0v) is 35.4. The van der Waals surface area contributed by atoms with Gasteiger partial charge in [-0.3, -0.25) is 34.2 Å². The second-order valence-corrected chi connectivity index (χ2v) is 17.1. The molecule has 3 atom stereocenters. The summed E-state index contributed by atoms with van der Waals surface area (Å²) in [6.07, 6.45) is -0.900. The van der Waals surface area contributed by atoms with Crippen LogP contribution in [0.5, 0.6) is 11.5 Å². The van der Waals surface area contributed by atoms with Crippen LogP contribution in [0.1, 0.15) is 95.6 Å². The minimum absolute atomic E-state index is 0.0103. The fourth-order valence-corrected chi connectivity index (χ4v) is 9.26. The molecule has 2 unspecified atom stereocenters. The number of hydrogen-bond acceptors (Lipinski definition) is 12. The number of aromatic nitrogens is 2. The van der Waals surface area contributed by atoms with Crippen molar-refractivity contribution in [3.05, 3.63) is 76.6 Å². The van der Waals surface area contributed by atoms with Gasteiger partial charge in [-0.05, 0) is 100 Å². The summed E-state index contributed by atoms with van der Waals surface area (Å²) >= 11 is 0. The minimum atomic E-state index is -4.57. The van der Waals surface area contributed by atoms with Crippen molar-refractivity contribution in [2.45, 2.75) is 77.1 Å². The summed E-state index contributed by atoms with van der Waals surface area (Å²) in [5.74, 6) is -0.911. The van der Waals surface area contributed by atoms with Gasteiger partial charge in [-0.2, -0.15) is 13.2 Å². The van der Waals surface area contributed by atoms with E-state index in [0.29, 0.717) is 84.3 Å². The Balaban J connectivity index is 0.961. The molecule has 0 bridgehead atoms. The molecule has 4 aromatic rings. The minimum Gasteiger partial charge on any atom is -0.493 e. The molecule has 3 aromatic carbocycles. The molecular weight excluding hydrogens is 822 g/mol. The molecular formula is C45H49F3N8O7.